The van der Waals surface area contributed by atoms with Gasteiger partial charge in [0.15, 0.2) is 0 Å². The molecule has 0 radical (unpaired) electrons. The molecule has 1 unspecified atom stereocenters. The lowest BCUT2D eigenvalue weighted by molar-refractivity contribution is 0.184. The number of ether oxygens (including phenoxy) is 2. The van der Waals surface area contributed by atoms with E-state index in [1.807, 2.05) is 25.1 Å². The Kier molecular flexibility index (Phi) is 6.54. The first-order valence-electron chi connectivity index (χ1n) is 6.37. The molecule has 0 fully saturated rings. The lowest BCUT2D eigenvalue weighted by Gasteiger charge is -2.18. The van der Waals surface area contributed by atoms with Crippen molar-refractivity contribution in [3.8, 4) is 5.75 Å². The van der Waals surface area contributed by atoms with Gasteiger partial charge in [0.25, 0.3) is 0 Å². The first-order valence-corrected chi connectivity index (χ1v) is 6.37. The van der Waals surface area contributed by atoms with E-state index in [2.05, 4.69) is 12.2 Å². The van der Waals surface area contributed by atoms with Gasteiger partial charge in [-0.1, -0.05) is 6.92 Å². The van der Waals surface area contributed by atoms with Crippen LogP contribution >= 0.6 is 0 Å². The lowest BCUT2D eigenvalue weighted by atomic mass is 10.1. The quantitative estimate of drug-likeness (QED) is 0.747. The van der Waals surface area contributed by atoms with E-state index in [0.29, 0.717) is 13.2 Å². The van der Waals surface area contributed by atoms with Gasteiger partial charge in [-0.2, -0.15) is 0 Å². The summed E-state index contributed by atoms with van der Waals surface area (Å²) in [6.07, 6.45) is 0.982. The number of anilines is 1. The second kappa shape index (κ2) is 7.95. The standard InChI is InChI=1S/C14H23NO3/c1-4-12(10-17-3)15-13-6-7-14(18-5-2)11(8-13)9-16/h6-8,12,15-16H,4-5,9-10H2,1-3H3. The Hall–Kier alpha value is -1.26. The summed E-state index contributed by atoms with van der Waals surface area (Å²) in [5, 5.41) is 12.7. The Morgan fingerprint density at radius 1 is 1.33 bits per heavy atom. The van der Waals surface area contributed by atoms with Crippen molar-refractivity contribution in [2.24, 2.45) is 0 Å². The molecule has 0 amide bonds. The van der Waals surface area contributed by atoms with Crippen LogP contribution in [0.5, 0.6) is 5.75 Å². The number of methoxy groups -OCH3 is 1. The second-order valence-electron chi connectivity index (χ2n) is 4.12. The third-order valence-electron chi connectivity index (χ3n) is 2.76. The van der Waals surface area contributed by atoms with Crippen LogP contribution in [0, 0.1) is 0 Å². The van der Waals surface area contributed by atoms with Gasteiger partial charge >= 0.3 is 0 Å². The van der Waals surface area contributed by atoms with E-state index >= 15 is 0 Å². The third kappa shape index (κ3) is 4.20. The largest absolute Gasteiger partial charge is 0.494 e. The van der Waals surface area contributed by atoms with Crippen LogP contribution in [0.25, 0.3) is 0 Å². The summed E-state index contributed by atoms with van der Waals surface area (Å²) in [6.45, 7) is 5.28. The van der Waals surface area contributed by atoms with Crippen molar-refractivity contribution in [3.63, 3.8) is 0 Å². The molecule has 0 aliphatic heterocycles. The van der Waals surface area contributed by atoms with Gasteiger partial charge in [0.2, 0.25) is 0 Å². The van der Waals surface area contributed by atoms with Crippen molar-refractivity contribution in [1.29, 1.82) is 0 Å². The molecule has 0 aliphatic rings. The minimum atomic E-state index is -0.0219. The maximum atomic E-state index is 9.33. The zero-order valence-electron chi connectivity index (χ0n) is 11.4. The van der Waals surface area contributed by atoms with Crippen LogP contribution in [0.3, 0.4) is 0 Å². The second-order valence-corrected chi connectivity index (χ2v) is 4.12. The average Bonchev–Trinajstić information content (AvgIpc) is 2.40. The van der Waals surface area contributed by atoms with Crippen molar-refractivity contribution in [2.45, 2.75) is 32.9 Å². The topological polar surface area (TPSA) is 50.7 Å². The van der Waals surface area contributed by atoms with Crippen molar-refractivity contribution in [1.82, 2.24) is 0 Å². The molecule has 0 saturated heterocycles. The minimum absolute atomic E-state index is 0.0219. The van der Waals surface area contributed by atoms with Crippen LogP contribution in [0.15, 0.2) is 18.2 Å². The number of rotatable bonds is 8. The van der Waals surface area contributed by atoms with Gasteiger partial charge in [-0.25, -0.2) is 0 Å². The molecule has 1 aromatic carbocycles. The van der Waals surface area contributed by atoms with Gasteiger partial charge in [0, 0.05) is 24.4 Å². The Morgan fingerprint density at radius 2 is 2.11 bits per heavy atom. The average molecular weight is 253 g/mol. The summed E-state index contributed by atoms with van der Waals surface area (Å²) < 4.78 is 10.6. The van der Waals surface area contributed by atoms with E-state index in [4.69, 9.17) is 9.47 Å². The Labute approximate surface area is 109 Å². The number of hydrogen-bond acceptors (Lipinski definition) is 4. The highest BCUT2D eigenvalue weighted by molar-refractivity contribution is 5.51. The monoisotopic (exact) mass is 253 g/mol. The molecule has 1 rings (SSSR count). The first-order chi connectivity index (χ1) is 8.74. The molecule has 0 aromatic heterocycles. The first kappa shape index (κ1) is 14.8. The normalized spacial score (nSPS) is 12.2. The van der Waals surface area contributed by atoms with E-state index in [-0.39, 0.29) is 12.6 Å². The number of aliphatic hydroxyl groups excluding tert-OH is 1. The zero-order valence-corrected chi connectivity index (χ0v) is 11.4. The van der Waals surface area contributed by atoms with Gasteiger partial charge in [-0.3, -0.25) is 0 Å². The number of aliphatic hydroxyl groups is 1. The highest BCUT2D eigenvalue weighted by atomic mass is 16.5. The number of nitrogens with one attached hydrogen (secondary N) is 1. The summed E-state index contributed by atoms with van der Waals surface area (Å²) in [6, 6.07) is 6.04. The van der Waals surface area contributed by atoms with E-state index in [1.54, 1.807) is 7.11 Å². The molecule has 0 spiro atoms. The van der Waals surface area contributed by atoms with Crippen LogP contribution in [0.1, 0.15) is 25.8 Å². The maximum absolute atomic E-state index is 9.33. The highest BCUT2D eigenvalue weighted by Gasteiger charge is 2.08. The van der Waals surface area contributed by atoms with Crippen molar-refractivity contribution in [3.05, 3.63) is 23.8 Å². The smallest absolute Gasteiger partial charge is 0.124 e. The summed E-state index contributed by atoms with van der Waals surface area (Å²) in [4.78, 5) is 0. The number of hydrogen-bond donors (Lipinski definition) is 2. The Morgan fingerprint density at radius 3 is 2.67 bits per heavy atom. The van der Waals surface area contributed by atoms with Gasteiger partial charge < -0.3 is 19.9 Å². The molecule has 4 nitrogen and oxygen atoms in total. The maximum Gasteiger partial charge on any atom is 0.124 e. The fourth-order valence-electron chi connectivity index (χ4n) is 1.79. The molecular weight excluding hydrogens is 230 g/mol. The van der Waals surface area contributed by atoms with Gasteiger partial charge in [0.05, 0.1) is 19.8 Å². The highest BCUT2D eigenvalue weighted by Crippen LogP contribution is 2.23. The van der Waals surface area contributed by atoms with Crippen LogP contribution in [-0.4, -0.2) is 31.5 Å². The predicted octanol–water partition coefficient (Wildman–Crippen LogP) is 2.41. The van der Waals surface area contributed by atoms with Gasteiger partial charge in [-0.15, -0.1) is 0 Å². The summed E-state index contributed by atoms with van der Waals surface area (Å²) in [5.41, 5.74) is 1.78. The molecule has 1 atom stereocenters. The third-order valence-corrected chi connectivity index (χ3v) is 2.76. The Balaban J connectivity index is 2.77. The van der Waals surface area contributed by atoms with Crippen LogP contribution in [0.4, 0.5) is 5.69 Å². The fraction of sp³-hybridized carbons (Fsp3) is 0.571. The molecule has 1 aromatic rings. The Bertz CT molecular complexity index is 355. The molecule has 18 heavy (non-hydrogen) atoms. The lowest BCUT2D eigenvalue weighted by Crippen LogP contribution is -2.23. The van der Waals surface area contributed by atoms with Crippen molar-refractivity contribution >= 4 is 5.69 Å². The van der Waals surface area contributed by atoms with Crippen LogP contribution < -0.4 is 10.1 Å². The van der Waals surface area contributed by atoms with Gasteiger partial charge in [0.1, 0.15) is 5.75 Å². The van der Waals surface area contributed by atoms with Crippen LogP contribution in [-0.2, 0) is 11.3 Å². The molecule has 0 heterocycles. The molecule has 2 N–H and O–H groups in total. The van der Waals surface area contributed by atoms with Crippen molar-refractivity contribution in [2.75, 3.05) is 25.6 Å². The SMILES string of the molecule is CCOc1ccc(NC(CC)COC)cc1CO. The van der Waals surface area contributed by atoms with Crippen molar-refractivity contribution < 1.29 is 14.6 Å². The fourth-order valence-corrected chi connectivity index (χ4v) is 1.79. The summed E-state index contributed by atoms with van der Waals surface area (Å²) in [5.74, 6) is 0.741. The minimum Gasteiger partial charge on any atom is -0.494 e. The number of benzene rings is 1. The van der Waals surface area contributed by atoms with Crippen LogP contribution in [0.2, 0.25) is 0 Å². The molecule has 0 saturated carbocycles. The van der Waals surface area contributed by atoms with E-state index in [1.165, 1.54) is 0 Å². The van der Waals surface area contributed by atoms with E-state index < -0.39 is 0 Å². The molecular formula is C14H23NO3. The molecule has 0 bridgehead atoms. The molecule has 4 heteroatoms. The van der Waals surface area contributed by atoms with E-state index in [9.17, 15) is 5.11 Å². The molecule has 0 aliphatic carbocycles. The van der Waals surface area contributed by atoms with E-state index in [0.717, 1.165) is 23.4 Å². The summed E-state index contributed by atoms with van der Waals surface area (Å²) in [7, 11) is 1.70. The predicted molar refractivity (Wildman–Crippen MR) is 73.1 cm³/mol. The zero-order chi connectivity index (χ0) is 13.4. The molecule has 102 valence electrons. The van der Waals surface area contributed by atoms with Gasteiger partial charge in [-0.05, 0) is 31.5 Å². The summed E-state index contributed by atoms with van der Waals surface area (Å²) >= 11 is 0.